The van der Waals surface area contributed by atoms with Crippen LogP contribution in [-0.2, 0) is 9.63 Å². The van der Waals surface area contributed by atoms with Crippen molar-refractivity contribution in [3.05, 3.63) is 24.3 Å². The first-order valence-electron chi connectivity index (χ1n) is 5.44. The molecule has 1 aliphatic rings. The zero-order valence-corrected chi connectivity index (χ0v) is 9.66. The Morgan fingerprint density at radius 3 is 2.95 bits per heavy atom. The maximum atomic E-state index is 11.8. The van der Waals surface area contributed by atoms with Crippen molar-refractivity contribution in [1.29, 1.82) is 0 Å². The van der Waals surface area contributed by atoms with Crippen LogP contribution in [0.2, 0.25) is 0 Å². The Bertz CT molecular complexity index is 465. The maximum absolute atomic E-state index is 11.8. The zero-order chi connectivity index (χ0) is 13.9. The second-order valence-corrected chi connectivity index (χ2v) is 3.85. The molecule has 2 N–H and O–H groups in total. The van der Waals surface area contributed by atoms with Gasteiger partial charge in [0.05, 0.1) is 12.2 Å². The molecule has 0 bridgehead atoms. The summed E-state index contributed by atoms with van der Waals surface area (Å²) in [5.41, 5.74) is 2.44. The first kappa shape index (κ1) is 13.5. The van der Waals surface area contributed by atoms with Crippen LogP contribution in [0.15, 0.2) is 24.3 Å². The predicted octanol–water partition coefficient (Wildman–Crippen LogP) is 1.47. The molecule has 2 rings (SSSR count). The van der Waals surface area contributed by atoms with E-state index in [2.05, 4.69) is 10.2 Å². The second-order valence-electron chi connectivity index (χ2n) is 3.85. The Morgan fingerprint density at radius 1 is 1.47 bits per heavy atom. The summed E-state index contributed by atoms with van der Waals surface area (Å²) < 4.78 is 40.8. The van der Waals surface area contributed by atoms with Crippen molar-refractivity contribution >= 4 is 11.6 Å². The number of rotatable bonds is 3. The summed E-state index contributed by atoms with van der Waals surface area (Å²) in [5, 5.41) is 2.94. The highest BCUT2D eigenvalue weighted by atomic mass is 19.4. The van der Waals surface area contributed by atoms with Gasteiger partial charge in [-0.1, -0.05) is 12.1 Å². The van der Waals surface area contributed by atoms with Crippen molar-refractivity contribution in [1.82, 2.24) is 5.48 Å². The highest BCUT2D eigenvalue weighted by Crippen LogP contribution is 2.28. The van der Waals surface area contributed by atoms with Crippen LogP contribution in [0.1, 0.15) is 0 Å². The highest BCUT2D eigenvalue weighted by molar-refractivity contribution is 5.82. The van der Waals surface area contributed by atoms with Gasteiger partial charge < -0.3 is 10.1 Å². The lowest BCUT2D eigenvalue weighted by atomic mass is 10.2. The van der Waals surface area contributed by atoms with E-state index in [1.807, 2.05) is 0 Å². The average Bonchev–Trinajstić information content (AvgIpc) is 2.36. The number of nitrogens with one attached hydrogen (secondary N) is 2. The maximum Gasteiger partial charge on any atom is 0.414 e. The molecule has 8 heteroatoms. The number of para-hydroxylation sites is 2. The first-order valence-corrected chi connectivity index (χ1v) is 5.44. The van der Waals surface area contributed by atoms with Gasteiger partial charge in [0.25, 0.3) is 5.91 Å². The Morgan fingerprint density at radius 2 is 2.21 bits per heavy atom. The minimum Gasteiger partial charge on any atom is -0.476 e. The van der Waals surface area contributed by atoms with Crippen LogP contribution < -0.4 is 15.5 Å². The molecule has 1 aromatic rings. The van der Waals surface area contributed by atoms with Crippen LogP contribution in [-0.4, -0.2) is 31.3 Å². The molecule has 0 aliphatic carbocycles. The smallest absolute Gasteiger partial charge is 0.414 e. The molecule has 0 fully saturated rings. The Labute approximate surface area is 106 Å². The summed E-state index contributed by atoms with van der Waals surface area (Å²) in [6, 6.07) is 6.94. The molecular weight excluding hydrogens is 265 g/mol. The number of amides is 1. The third-order valence-electron chi connectivity index (χ3n) is 2.34. The van der Waals surface area contributed by atoms with E-state index < -0.39 is 24.8 Å². The van der Waals surface area contributed by atoms with Crippen LogP contribution in [0.3, 0.4) is 0 Å². The van der Waals surface area contributed by atoms with E-state index in [4.69, 9.17) is 4.74 Å². The van der Waals surface area contributed by atoms with Crippen LogP contribution in [0.25, 0.3) is 0 Å². The van der Waals surface area contributed by atoms with Crippen LogP contribution >= 0.6 is 0 Å². The van der Waals surface area contributed by atoms with Crippen molar-refractivity contribution < 1.29 is 27.5 Å². The molecule has 0 saturated carbocycles. The number of fused-ring (bicyclic) bond motifs is 1. The van der Waals surface area contributed by atoms with E-state index in [0.29, 0.717) is 5.75 Å². The molecule has 0 saturated heterocycles. The molecule has 1 unspecified atom stereocenters. The Kier molecular flexibility index (Phi) is 3.79. The molecule has 0 radical (unpaired) electrons. The molecule has 5 nitrogen and oxygen atoms in total. The number of hydrogen-bond acceptors (Lipinski definition) is 4. The minimum atomic E-state index is -4.49. The van der Waals surface area contributed by atoms with Gasteiger partial charge in [0.2, 0.25) is 0 Å². The third kappa shape index (κ3) is 3.75. The number of hydrogen-bond donors (Lipinski definition) is 2. The molecule has 19 heavy (non-hydrogen) atoms. The summed E-state index contributed by atoms with van der Waals surface area (Å²) in [5.74, 6) is -0.309. The van der Waals surface area contributed by atoms with Gasteiger partial charge in [-0.05, 0) is 12.1 Å². The van der Waals surface area contributed by atoms with Gasteiger partial charge in [0.1, 0.15) is 5.75 Å². The van der Waals surface area contributed by atoms with Gasteiger partial charge in [-0.25, -0.2) is 5.48 Å². The molecule has 1 atom stereocenters. The van der Waals surface area contributed by atoms with Crippen molar-refractivity contribution in [2.75, 3.05) is 18.5 Å². The van der Waals surface area contributed by atoms with Gasteiger partial charge in [0, 0.05) is 0 Å². The van der Waals surface area contributed by atoms with Crippen LogP contribution in [0.5, 0.6) is 5.75 Å². The quantitative estimate of drug-likeness (QED) is 0.821. The lowest BCUT2D eigenvalue weighted by Gasteiger charge is -2.26. The number of hydroxylamine groups is 1. The van der Waals surface area contributed by atoms with Crippen molar-refractivity contribution in [2.45, 2.75) is 12.3 Å². The topological polar surface area (TPSA) is 59.6 Å². The molecular formula is C11H11F3N2O3. The van der Waals surface area contributed by atoms with Gasteiger partial charge >= 0.3 is 6.18 Å². The number of anilines is 1. The fraction of sp³-hybridized carbons (Fsp3) is 0.364. The lowest BCUT2D eigenvalue weighted by Crippen LogP contribution is -2.45. The second kappa shape index (κ2) is 5.35. The van der Waals surface area contributed by atoms with Crippen molar-refractivity contribution in [2.24, 2.45) is 0 Å². The largest absolute Gasteiger partial charge is 0.476 e. The summed E-state index contributed by atoms with van der Waals surface area (Å²) >= 11 is 0. The molecule has 104 valence electrons. The average molecular weight is 276 g/mol. The van der Waals surface area contributed by atoms with E-state index >= 15 is 0 Å². The van der Waals surface area contributed by atoms with E-state index in [1.54, 1.807) is 29.7 Å². The van der Waals surface area contributed by atoms with Crippen molar-refractivity contribution in [3.63, 3.8) is 0 Å². The van der Waals surface area contributed by atoms with Gasteiger partial charge in [0.15, 0.2) is 12.7 Å². The monoisotopic (exact) mass is 276 g/mol. The molecule has 0 spiro atoms. The van der Waals surface area contributed by atoms with Crippen molar-refractivity contribution in [3.8, 4) is 5.75 Å². The van der Waals surface area contributed by atoms with Crippen LogP contribution in [0, 0.1) is 0 Å². The van der Waals surface area contributed by atoms with E-state index in [0.717, 1.165) is 5.69 Å². The molecule has 1 aromatic carbocycles. The standard InChI is InChI=1S/C11H11F3N2O3/c12-11(13,14)6-18-16-10(17)9-5-15-7-3-1-2-4-8(7)19-9/h1-4,9,15H,5-6H2,(H,16,17). The molecule has 0 aromatic heterocycles. The number of ether oxygens (including phenoxy) is 1. The normalized spacial score (nSPS) is 17.9. The minimum absolute atomic E-state index is 0.151. The lowest BCUT2D eigenvalue weighted by molar-refractivity contribution is -0.193. The van der Waals surface area contributed by atoms with E-state index in [9.17, 15) is 18.0 Å². The third-order valence-corrected chi connectivity index (χ3v) is 2.34. The van der Waals surface area contributed by atoms with E-state index in [1.165, 1.54) is 0 Å². The summed E-state index contributed by atoms with van der Waals surface area (Å²) in [7, 11) is 0. The number of carbonyl (C=O) groups excluding carboxylic acids is 1. The summed E-state index contributed by atoms with van der Waals surface area (Å²) in [4.78, 5) is 15.6. The van der Waals surface area contributed by atoms with Gasteiger partial charge in [-0.2, -0.15) is 13.2 Å². The zero-order valence-electron chi connectivity index (χ0n) is 9.66. The van der Waals surface area contributed by atoms with Gasteiger partial charge in [-0.15, -0.1) is 0 Å². The Hall–Kier alpha value is -1.96. The SMILES string of the molecule is O=C(NOCC(F)(F)F)C1CNc2ccccc2O1. The number of carbonyl (C=O) groups is 1. The van der Waals surface area contributed by atoms with E-state index in [-0.39, 0.29) is 6.54 Å². The van der Waals surface area contributed by atoms with Crippen LogP contribution in [0.4, 0.5) is 18.9 Å². The summed E-state index contributed by atoms with van der Waals surface area (Å²) in [6.07, 6.45) is -5.44. The number of benzene rings is 1. The fourth-order valence-corrected chi connectivity index (χ4v) is 1.51. The number of halogens is 3. The first-order chi connectivity index (χ1) is 8.96. The van der Waals surface area contributed by atoms with Gasteiger partial charge in [-0.3, -0.25) is 9.63 Å². The molecule has 1 heterocycles. The Balaban J connectivity index is 1.85. The fourth-order valence-electron chi connectivity index (χ4n) is 1.51. The highest BCUT2D eigenvalue weighted by Gasteiger charge is 2.30. The number of alkyl halides is 3. The predicted molar refractivity (Wildman–Crippen MR) is 59.5 cm³/mol. The summed E-state index contributed by atoms with van der Waals surface area (Å²) in [6.45, 7) is -1.40. The molecule has 1 amide bonds. The molecule has 1 aliphatic heterocycles.